The SMILES string of the molecule is O=[N+]([O-])c1ccc(SOc2nc3ccccc3s2)c(C(F)(F)F)c1. The van der Waals surface area contributed by atoms with Gasteiger partial charge in [-0.1, -0.05) is 23.5 Å². The van der Waals surface area contributed by atoms with Crippen molar-refractivity contribution in [2.45, 2.75) is 11.1 Å². The molecule has 0 aliphatic heterocycles. The van der Waals surface area contributed by atoms with Gasteiger partial charge in [-0.25, -0.2) is 4.98 Å². The Hall–Kier alpha value is -2.33. The molecule has 0 aliphatic rings. The highest BCUT2D eigenvalue weighted by molar-refractivity contribution is 7.95. The molecule has 0 amide bonds. The molecule has 0 fully saturated rings. The van der Waals surface area contributed by atoms with Crippen LogP contribution in [0.2, 0.25) is 0 Å². The first kappa shape index (κ1) is 16.5. The van der Waals surface area contributed by atoms with E-state index in [9.17, 15) is 23.3 Å². The first-order valence-corrected chi connectivity index (χ1v) is 7.96. The lowest BCUT2D eigenvalue weighted by atomic mass is 10.2. The Morgan fingerprint density at radius 1 is 1.21 bits per heavy atom. The summed E-state index contributed by atoms with van der Waals surface area (Å²) in [6, 6.07) is 9.68. The molecule has 0 saturated carbocycles. The highest BCUT2D eigenvalue weighted by Crippen LogP contribution is 2.40. The van der Waals surface area contributed by atoms with Crippen molar-refractivity contribution in [1.29, 1.82) is 0 Å². The van der Waals surface area contributed by atoms with Crippen LogP contribution in [0.3, 0.4) is 0 Å². The lowest BCUT2D eigenvalue weighted by Crippen LogP contribution is -2.08. The number of halogens is 3. The van der Waals surface area contributed by atoms with Crippen LogP contribution in [0, 0.1) is 10.1 Å². The standard InChI is InChI=1S/C14H7F3N2O3S2/c15-14(16,17)9-7-8(19(20)21)5-6-11(9)24-22-13-18-10-3-1-2-4-12(10)23-13/h1-7H. The van der Waals surface area contributed by atoms with Gasteiger partial charge >= 0.3 is 6.18 Å². The summed E-state index contributed by atoms with van der Waals surface area (Å²) in [6.07, 6.45) is -4.73. The zero-order valence-corrected chi connectivity index (χ0v) is 13.2. The van der Waals surface area contributed by atoms with Gasteiger partial charge in [-0.05, 0) is 18.2 Å². The monoisotopic (exact) mass is 372 g/mol. The van der Waals surface area contributed by atoms with Gasteiger partial charge in [0.05, 0.1) is 37.6 Å². The Kier molecular flexibility index (Phi) is 4.33. The first-order valence-electron chi connectivity index (χ1n) is 6.40. The van der Waals surface area contributed by atoms with Crippen LogP contribution in [0.4, 0.5) is 18.9 Å². The molecule has 24 heavy (non-hydrogen) atoms. The van der Waals surface area contributed by atoms with E-state index in [1.54, 1.807) is 12.1 Å². The molecule has 3 rings (SSSR count). The Bertz CT molecular complexity index is 879. The average molecular weight is 372 g/mol. The van der Waals surface area contributed by atoms with Crippen molar-refractivity contribution >= 4 is 39.3 Å². The smallest absolute Gasteiger partial charge is 0.391 e. The molecule has 124 valence electrons. The predicted molar refractivity (Wildman–Crippen MR) is 84.2 cm³/mol. The molecule has 1 heterocycles. The van der Waals surface area contributed by atoms with Crippen LogP contribution in [0.1, 0.15) is 5.56 Å². The van der Waals surface area contributed by atoms with Crippen LogP contribution in [0.15, 0.2) is 47.4 Å². The zero-order valence-electron chi connectivity index (χ0n) is 11.6. The van der Waals surface area contributed by atoms with Gasteiger partial charge in [-0.15, -0.1) is 0 Å². The van der Waals surface area contributed by atoms with E-state index < -0.39 is 22.4 Å². The second-order valence-electron chi connectivity index (χ2n) is 4.55. The number of nitro groups is 1. The number of hydrogen-bond donors (Lipinski definition) is 0. The van der Waals surface area contributed by atoms with Gasteiger partial charge in [-0.3, -0.25) is 10.1 Å². The van der Waals surface area contributed by atoms with Gasteiger partial charge < -0.3 is 4.18 Å². The summed E-state index contributed by atoms with van der Waals surface area (Å²) in [5, 5.41) is 10.9. The number of aromatic nitrogens is 1. The summed E-state index contributed by atoms with van der Waals surface area (Å²) in [5.41, 5.74) is -1.08. The Morgan fingerprint density at radius 3 is 2.62 bits per heavy atom. The summed E-state index contributed by atoms with van der Waals surface area (Å²) >= 11 is 1.66. The lowest BCUT2D eigenvalue weighted by Gasteiger charge is -2.11. The number of thiazole rings is 1. The fourth-order valence-electron chi connectivity index (χ4n) is 1.89. The average Bonchev–Trinajstić information content (AvgIpc) is 2.94. The van der Waals surface area contributed by atoms with Crippen molar-refractivity contribution in [1.82, 2.24) is 4.98 Å². The molecular formula is C14H7F3N2O3S2. The Morgan fingerprint density at radius 2 is 1.96 bits per heavy atom. The summed E-state index contributed by atoms with van der Waals surface area (Å²) in [4.78, 5) is 13.7. The van der Waals surface area contributed by atoms with Crippen molar-refractivity contribution in [2.24, 2.45) is 0 Å². The maximum absolute atomic E-state index is 13.1. The van der Waals surface area contributed by atoms with Gasteiger partial charge in [0.2, 0.25) is 0 Å². The predicted octanol–water partition coefficient (Wildman–Crippen LogP) is 5.31. The molecule has 2 aromatic carbocycles. The van der Waals surface area contributed by atoms with Crippen LogP contribution >= 0.6 is 23.4 Å². The van der Waals surface area contributed by atoms with E-state index in [-0.39, 0.29) is 10.1 Å². The van der Waals surface area contributed by atoms with Gasteiger partial charge in [0.15, 0.2) is 0 Å². The van der Waals surface area contributed by atoms with E-state index in [0.29, 0.717) is 23.6 Å². The van der Waals surface area contributed by atoms with E-state index >= 15 is 0 Å². The Labute approximate surface area is 141 Å². The molecule has 0 radical (unpaired) electrons. The molecule has 1 aromatic heterocycles. The number of alkyl halides is 3. The fourth-order valence-corrected chi connectivity index (χ4v) is 3.41. The topological polar surface area (TPSA) is 65.3 Å². The second-order valence-corrected chi connectivity index (χ2v) is 6.32. The summed E-state index contributed by atoms with van der Waals surface area (Å²) in [5.74, 6) is 0. The molecule has 0 unspecified atom stereocenters. The number of non-ortho nitro benzene ring substituents is 1. The summed E-state index contributed by atoms with van der Waals surface area (Å²) < 4.78 is 45.3. The van der Waals surface area contributed by atoms with Crippen molar-refractivity contribution in [3.63, 3.8) is 0 Å². The second kappa shape index (κ2) is 6.29. The number of fused-ring (bicyclic) bond motifs is 1. The van der Waals surface area contributed by atoms with Crippen molar-refractivity contribution < 1.29 is 22.3 Å². The molecule has 0 N–H and O–H groups in total. The van der Waals surface area contributed by atoms with E-state index in [4.69, 9.17) is 4.18 Å². The van der Waals surface area contributed by atoms with Crippen LogP contribution in [0.5, 0.6) is 5.19 Å². The van der Waals surface area contributed by atoms with E-state index in [1.807, 2.05) is 12.1 Å². The first-order chi connectivity index (χ1) is 11.3. The molecular weight excluding hydrogens is 365 g/mol. The third-order valence-corrected chi connectivity index (χ3v) is 4.75. The van der Waals surface area contributed by atoms with Gasteiger partial charge in [-0.2, -0.15) is 13.2 Å². The van der Waals surface area contributed by atoms with Crippen molar-refractivity contribution in [3.05, 3.63) is 58.1 Å². The number of para-hydroxylation sites is 1. The van der Waals surface area contributed by atoms with E-state index in [0.717, 1.165) is 16.8 Å². The number of nitrogens with zero attached hydrogens (tertiary/aromatic N) is 2. The molecule has 10 heteroatoms. The maximum atomic E-state index is 13.1. The van der Waals surface area contributed by atoms with Crippen LogP contribution < -0.4 is 4.18 Å². The van der Waals surface area contributed by atoms with E-state index in [2.05, 4.69) is 4.98 Å². The number of rotatable bonds is 4. The number of hydrogen-bond acceptors (Lipinski definition) is 6. The lowest BCUT2D eigenvalue weighted by molar-refractivity contribution is -0.385. The fraction of sp³-hybridized carbons (Fsp3) is 0.0714. The maximum Gasteiger partial charge on any atom is 0.417 e. The minimum atomic E-state index is -4.73. The molecule has 0 aliphatic carbocycles. The quantitative estimate of drug-likeness (QED) is 0.353. The third kappa shape index (κ3) is 3.44. The summed E-state index contributed by atoms with van der Waals surface area (Å²) in [7, 11) is 0. The Balaban J connectivity index is 1.87. The normalized spacial score (nSPS) is 11.6. The van der Waals surface area contributed by atoms with Crippen LogP contribution in [-0.4, -0.2) is 9.91 Å². The van der Waals surface area contributed by atoms with Crippen LogP contribution in [-0.2, 0) is 6.18 Å². The number of nitro benzene ring substituents is 1. The zero-order chi connectivity index (χ0) is 17.3. The largest absolute Gasteiger partial charge is 0.417 e. The number of benzene rings is 2. The highest BCUT2D eigenvalue weighted by Gasteiger charge is 2.35. The minimum absolute atomic E-state index is 0.202. The van der Waals surface area contributed by atoms with Gasteiger partial charge in [0.1, 0.15) is 0 Å². The van der Waals surface area contributed by atoms with E-state index in [1.165, 1.54) is 11.3 Å². The molecule has 3 aromatic rings. The molecule has 0 bridgehead atoms. The minimum Gasteiger partial charge on any atom is -0.391 e. The highest BCUT2D eigenvalue weighted by atomic mass is 32.2. The molecule has 5 nitrogen and oxygen atoms in total. The molecule has 0 atom stereocenters. The van der Waals surface area contributed by atoms with Gasteiger partial charge in [0, 0.05) is 12.1 Å². The summed E-state index contributed by atoms with van der Waals surface area (Å²) in [6.45, 7) is 0. The van der Waals surface area contributed by atoms with Crippen molar-refractivity contribution in [3.8, 4) is 5.19 Å². The van der Waals surface area contributed by atoms with Crippen molar-refractivity contribution in [2.75, 3.05) is 0 Å². The molecule has 0 saturated heterocycles. The third-order valence-electron chi connectivity index (χ3n) is 2.96. The van der Waals surface area contributed by atoms with Gasteiger partial charge in [0.25, 0.3) is 10.9 Å². The van der Waals surface area contributed by atoms with Crippen LogP contribution in [0.25, 0.3) is 10.2 Å². The molecule has 0 spiro atoms.